The van der Waals surface area contributed by atoms with Crippen molar-refractivity contribution in [2.45, 2.75) is 6.92 Å². The highest BCUT2D eigenvalue weighted by molar-refractivity contribution is 5.79. The second-order valence-corrected chi connectivity index (χ2v) is 2.95. The van der Waals surface area contributed by atoms with Crippen LogP contribution >= 0.6 is 0 Å². The fourth-order valence-corrected chi connectivity index (χ4v) is 1.34. The summed E-state index contributed by atoms with van der Waals surface area (Å²) < 4.78 is 14.9. The van der Waals surface area contributed by atoms with Crippen molar-refractivity contribution in [2.75, 3.05) is 0 Å². The lowest BCUT2D eigenvalue weighted by molar-refractivity contribution is 0.638. The fourth-order valence-electron chi connectivity index (χ4n) is 1.34. The largest absolute Gasteiger partial charge is 0.268 e. The van der Waals surface area contributed by atoms with Crippen molar-refractivity contribution in [1.29, 1.82) is 0 Å². The molecule has 0 atom stereocenters. The van der Waals surface area contributed by atoms with Crippen LogP contribution in [0.2, 0.25) is 0 Å². The van der Waals surface area contributed by atoms with E-state index in [0.717, 1.165) is 11.1 Å². The Bertz CT molecular complexity index is 431. The number of benzene rings is 1. The van der Waals surface area contributed by atoms with Gasteiger partial charge < -0.3 is 0 Å². The standard InChI is InChI=1S/C9H9FN2/c1-6-3-8(10)7-5-11-12(2)9(7)4-6/h3-5H,1-2H3. The van der Waals surface area contributed by atoms with Crippen LogP contribution in [-0.2, 0) is 7.05 Å². The summed E-state index contributed by atoms with van der Waals surface area (Å²) in [6, 6.07) is 3.44. The van der Waals surface area contributed by atoms with E-state index in [1.165, 1.54) is 6.07 Å². The molecule has 0 aliphatic heterocycles. The molecule has 0 spiro atoms. The van der Waals surface area contributed by atoms with Crippen molar-refractivity contribution in [2.24, 2.45) is 7.05 Å². The molecule has 12 heavy (non-hydrogen) atoms. The molecule has 0 aliphatic carbocycles. The molecular formula is C9H9FN2. The van der Waals surface area contributed by atoms with Gasteiger partial charge in [0.05, 0.1) is 17.1 Å². The summed E-state index contributed by atoms with van der Waals surface area (Å²) in [5, 5.41) is 4.56. The highest BCUT2D eigenvalue weighted by Gasteiger charge is 2.04. The quantitative estimate of drug-likeness (QED) is 0.582. The molecule has 0 saturated heterocycles. The first-order valence-corrected chi connectivity index (χ1v) is 3.76. The van der Waals surface area contributed by atoms with Crippen LogP contribution < -0.4 is 0 Å². The molecule has 0 aliphatic rings. The fraction of sp³-hybridized carbons (Fsp3) is 0.222. The Hall–Kier alpha value is -1.38. The lowest BCUT2D eigenvalue weighted by Crippen LogP contribution is -1.89. The molecular weight excluding hydrogens is 155 g/mol. The van der Waals surface area contributed by atoms with E-state index < -0.39 is 0 Å². The third-order valence-corrected chi connectivity index (χ3v) is 1.96. The van der Waals surface area contributed by atoms with E-state index in [9.17, 15) is 4.39 Å². The molecule has 2 nitrogen and oxygen atoms in total. The summed E-state index contributed by atoms with van der Waals surface area (Å²) in [7, 11) is 1.81. The Morgan fingerprint density at radius 3 is 2.92 bits per heavy atom. The summed E-state index contributed by atoms with van der Waals surface area (Å²) >= 11 is 0. The van der Waals surface area contributed by atoms with Crippen LogP contribution in [0.15, 0.2) is 18.3 Å². The summed E-state index contributed by atoms with van der Waals surface area (Å²) in [4.78, 5) is 0. The lowest BCUT2D eigenvalue weighted by atomic mass is 10.2. The number of hydrogen-bond donors (Lipinski definition) is 0. The third-order valence-electron chi connectivity index (χ3n) is 1.96. The highest BCUT2D eigenvalue weighted by atomic mass is 19.1. The van der Waals surface area contributed by atoms with Gasteiger partial charge in [-0.05, 0) is 24.6 Å². The van der Waals surface area contributed by atoms with Crippen LogP contribution in [-0.4, -0.2) is 9.78 Å². The minimum Gasteiger partial charge on any atom is -0.268 e. The summed E-state index contributed by atoms with van der Waals surface area (Å²) in [5.41, 5.74) is 1.76. The van der Waals surface area contributed by atoms with Crippen molar-refractivity contribution >= 4 is 10.9 Å². The van der Waals surface area contributed by atoms with Crippen LogP contribution in [0.5, 0.6) is 0 Å². The van der Waals surface area contributed by atoms with Gasteiger partial charge in [-0.15, -0.1) is 0 Å². The SMILES string of the molecule is Cc1cc(F)c2cnn(C)c2c1. The van der Waals surface area contributed by atoms with Gasteiger partial charge in [0.1, 0.15) is 5.82 Å². The lowest BCUT2D eigenvalue weighted by Gasteiger charge is -1.97. The molecule has 0 N–H and O–H groups in total. The second kappa shape index (κ2) is 2.30. The minimum absolute atomic E-state index is 0.196. The van der Waals surface area contributed by atoms with Crippen LogP contribution in [0.25, 0.3) is 10.9 Å². The van der Waals surface area contributed by atoms with Crippen molar-refractivity contribution < 1.29 is 4.39 Å². The average Bonchev–Trinajstić information content (AvgIpc) is 2.33. The smallest absolute Gasteiger partial charge is 0.134 e. The molecule has 1 heterocycles. The molecule has 0 amide bonds. The highest BCUT2D eigenvalue weighted by Crippen LogP contribution is 2.18. The van der Waals surface area contributed by atoms with Crippen molar-refractivity contribution in [3.05, 3.63) is 29.7 Å². The predicted octanol–water partition coefficient (Wildman–Crippen LogP) is 2.02. The third kappa shape index (κ3) is 0.897. The number of halogens is 1. The van der Waals surface area contributed by atoms with E-state index in [4.69, 9.17) is 0 Å². The zero-order valence-corrected chi connectivity index (χ0v) is 7.00. The topological polar surface area (TPSA) is 17.8 Å². The molecule has 0 radical (unpaired) electrons. The summed E-state index contributed by atoms with van der Waals surface area (Å²) in [6.07, 6.45) is 1.55. The summed E-state index contributed by atoms with van der Waals surface area (Å²) in [5.74, 6) is -0.196. The maximum absolute atomic E-state index is 13.2. The van der Waals surface area contributed by atoms with E-state index in [-0.39, 0.29) is 5.82 Å². The first-order valence-electron chi connectivity index (χ1n) is 3.76. The second-order valence-electron chi connectivity index (χ2n) is 2.95. The van der Waals surface area contributed by atoms with Gasteiger partial charge in [0.2, 0.25) is 0 Å². The average molecular weight is 164 g/mol. The predicted molar refractivity (Wildman–Crippen MR) is 45.4 cm³/mol. The Kier molecular flexibility index (Phi) is 1.40. The van der Waals surface area contributed by atoms with Gasteiger partial charge >= 0.3 is 0 Å². The molecule has 2 rings (SSSR count). The van der Waals surface area contributed by atoms with Crippen LogP contribution in [0.3, 0.4) is 0 Å². The minimum atomic E-state index is -0.196. The Morgan fingerprint density at radius 2 is 2.17 bits per heavy atom. The van der Waals surface area contributed by atoms with Gasteiger partial charge in [0, 0.05) is 7.05 Å². The monoisotopic (exact) mass is 164 g/mol. The maximum Gasteiger partial charge on any atom is 0.134 e. The molecule has 1 aromatic carbocycles. The molecule has 0 bridgehead atoms. The van der Waals surface area contributed by atoms with Gasteiger partial charge in [-0.3, -0.25) is 4.68 Å². The van der Waals surface area contributed by atoms with Crippen molar-refractivity contribution in [3.63, 3.8) is 0 Å². The van der Waals surface area contributed by atoms with Gasteiger partial charge in [0.25, 0.3) is 0 Å². The van der Waals surface area contributed by atoms with Crippen LogP contribution in [0.4, 0.5) is 4.39 Å². The molecule has 3 heteroatoms. The zero-order valence-electron chi connectivity index (χ0n) is 7.00. The van der Waals surface area contributed by atoms with E-state index >= 15 is 0 Å². The van der Waals surface area contributed by atoms with Crippen molar-refractivity contribution in [1.82, 2.24) is 9.78 Å². The van der Waals surface area contributed by atoms with E-state index in [1.54, 1.807) is 17.9 Å². The first kappa shape index (κ1) is 7.28. The molecule has 0 fully saturated rings. The van der Waals surface area contributed by atoms with Crippen LogP contribution in [0.1, 0.15) is 5.56 Å². The van der Waals surface area contributed by atoms with Crippen molar-refractivity contribution in [3.8, 4) is 0 Å². The van der Waals surface area contributed by atoms with E-state index in [2.05, 4.69) is 5.10 Å². The molecule has 0 saturated carbocycles. The van der Waals surface area contributed by atoms with Gasteiger partial charge in [-0.2, -0.15) is 5.10 Å². The molecule has 0 unspecified atom stereocenters. The Morgan fingerprint density at radius 1 is 1.42 bits per heavy atom. The molecule has 1 aromatic heterocycles. The number of hydrogen-bond acceptors (Lipinski definition) is 1. The Balaban J connectivity index is 2.92. The number of aryl methyl sites for hydroxylation is 2. The van der Waals surface area contributed by atoms with E-state index in [0.29, 0.717) is 5.39 Å². The van der Waals surface area contributed by atoms with Gasteiger partial charge in [-0.1, -0.05) is 0 Å². The van der Waals surface area contributed by atoms with Gasteiger partial charge in [-0.25, -0.2) is 4.39 Å². The number of nitrogens with zero attached hydrogens (tertiary/aromatic N) is 2. The number of fused-ring (bicyclic) bond motifs is 1. The Labute approximate surface area is 69.6 Å². The van der Waals surface area contributed by atoms with Crippen LogP contribution in [0, 0.1) is 12.7 Å². The normalized spacial score (nSPS) is 10.9. The van der Waals surface area contributed by atoms with E-state index in [1.807, 2.05) is 13.0 Å². The zero-order chi connectivity index (χ0) is 8.72. The van der Waals surface area contributed by atoms with Gasteiger partial charge in [0.15, 0.2) is 0 Å². The molecule has 62 valence electrons. The first-order chi connectivity index (χ1) is 5.68. The molecule has 2 aromatic rings. The number of aromatic nitrogens is 2. The summed E-state index contributed by atoms with van der Waals surface area (Å²) in [6.45, 7) is 1.87. The maximum atomic E-state index is 13.2. The number of rotatable bonds is 0.